The molecule has 0 bridgehead atoms. The summed E-state index contributed by atoms with van der Waals surface area (Å²) in [6, 6.07) is 11.8. The van der Waals surface area contributed by atoms with Crippen molar-refractivity contribution >= 4 is 42.6 Å². The summed E-state index contributed by atoms with van der Waals surface area (Å²) < 4.78 is 33.1. The van der Waals surface area contributed by atoms with E-state index in [0.29, 0.717) is 17.0 Å². The van der Waals surface area contributed by atoms with Gasteiger partial charge in [0, 0.05) is 30.0 Å². The molecule has 2 aromatic carbocycles. The fourth-order valence-corrected chi connectivity index (χ4v) is 5.34. The summed E-state index contributed by atoms with van der Waals surface area (Å²) in [7, 11) is -0.256. The molecule has 1 aliphatic rings. The summed E-state index contributed by atoms with van der Waals surface area (Å²) in [6.45, 7) is 0.326. The van der Waals surface area contributed by atoms with E-state index in [1.807, 2.05) is 18.2 Å². The van der Waals surface area contributed by atoms with E-state index in [2.05, 4.69) is 21.0 Å². The Kier molecular flexibility index (Phi) is 4.67. The van der Waals surface area contributed by atoms with Crippen LogP contribution in [0.5, 0.6) is 5.75 Å². The van der Waals surface area contributed by atoms with Crippen LogP contribution in [0.4, 0.5) is 0 Å². The standard InChI is InChI=1S/C19H18BrN3O4S/c1-22-18(16-8-3-12(20)9-17(16)21-22)19(24)23-10-15(11-23)28(25,26)14-6-4-13(27-2)5-7-14/h3-9,15H,10-11H2,1-2H3. The van der Waals surface area contributed by atoms with Crippen LogP contribution in [0.3, 0.4) is 0 Å². The number of aromatic nitrogens is 2. The van der Waals surface area contributed by atoms with Gasteiger partial charge in [0.05, 0.1) is 17.5 Å². The Morgan fingerprint density at radius 3 is 2.50 bits per heavy atom. The number of carbonyl (C=O) groups excluding carboxylic acids is 1. The molecule has 1 saturated heterocycles. The Morgan fingerprint density at radius 1 is 1.18 bits per heavy atom. The molecule has 1 amide bonds. The second kappa shape index (κ2) is 6.89. The highest BCUT2D eigenvalue weighted by molar-refractivity contribution is 9.10. The molecule has 0 radical (unpaired) electrons. The quantitative estimate of drug-likeness (QED) is 0.593. The first-order valence-electron chi connectivity index (χ1n) is 8.61. The summed E-state index contributed by atoms with van der Waals surface area (Å²) in [5.41, 5.74) is 1.17. The predicted molar refractivity (Wildman–Crippen MR) is 108 cm³/mol. The number of hydrogen-bond acceptors (Lipinski definition) is 5. The van der Waals surface area contributed by atoms with Crippen LogP contribution in [-0.2, 0) is 16.9 Å². The van der Waals surface area contributed by atoms with Crippen LogP contribution in [0.2, 0.25) is 0 Å². The summed E-state index contributed by atoms with van der Waals surface area (Å²) >= 11 is 3.40. The van der Waals surface area contributed by atoms with E-state index in [4.69, 9.17) is 4.74 Å². The van der Waals surface area contributed by atoms with Gasteiger partial charge in [0.2, 0.25) is 0 Å². The van der Waals surface area contributed by atoms with Gasteiger partial charge in [0.25, 0.3) is 5.91 Å². The van der Waals surface area contributed by atoms with Gasteiger partial charge in [0.15, 0.2) is 9.84 Å². The van der Waals surface area contributed by atoms with Crippen LogP contribution in [0.25, 0.3) is 10.9 Å². The molecule has 1 aliphatic heterocycles. The Hall–Kier alpha value is -2.39. The molecule has 0 N–H and O–H groups in total. The highest BCUT2D eigenvalue weighted by Crippen LogP contribution is 2.28. The smallest absolute Gasteiger partial charge is 0.272 e. The summed E-state index contributed by atoms with van der Waals surface area (Å²) in [5, 5.41) is 4.51. The van der Waals surface area contributed by atoms with Gasteiger partial charge < -0.3 is 9.64 Å². The first-order chi connectivity index (χ1) is 13.3. The average Bonchev–Trinajstić information content (AvgIpc) is 2.94. The number of amides is 1. The highest BCUT2D eigenvalue weighted by Gasteiger charge is 2.41. The molecule has 3 aromatic rings. The Morgan fingerprint density at radius 2 is 1.86 bits per heavy atom. The maximum atomic E-state index is 12.9. The third-order valence-corrected chi connectivity index (χ3v) is 7.56. The lowest BCUT2D eigenvalue weighted by Crippen LogP contribution is -2.57. The molecule has 2 heterocycles. The van der Waals surface area contributed by atoms with E-state index in [0.717, 1.165) is 9.86 Å². The fraction of sp³-hybridized carbons (Fsp3) is 0.263. The molecule has 146 valence electrons. The van der Waals surface area contributed by atoms with Gasteiger partial charge in [-0.05, 0) is 42.5 Å². The molecule has 28 heavy (non-hydrogen) atoms. The third kappa shape index (κ3) is 3.08. The normalized spacial score (nSPS) is 14.9. The van der Waals surface area contributed by atoms with E-state index >= 15 is 0 Å². The minimum Gasteiger partial charge on any atom is -0.497 e. The van der Waals surface area contributed by atoms with Crippen LogP contribution in [0.15, 0.2) is 51.8 Å². The van der Waals surface area contributed by atoms with Crippen molar-refractivity contribution in [3.8, 4) is 5.75 Å². The number of aryl methyl sites for hydroxylation is 1. The molecule has 0 atom stereocenters. The van der Waals surface area contributed by atoms with Gasteiger partial charge in [-0.2, -0.15) is 5.10 Å². The van der Waals surface area contributed by atoms with E-state index in [9.17, 15) is 13.2 Å². The molecular weight excluding hydrogens is 446 g/mol. The molecule has 1 fully saturated rings. The van der Waals surface area contributed by atoms with E-state index < -0.39 is 15.1 Å². The molecule has 1 aromatic heterocycles. The van der Waals surface area contributed by atoms with E-state index in [1.54, 1.807) is 28.8 Å². The van der Waals surface area contributed by atoms with Crippen molar-refractivity contribution in [1.82, 2.24) is 14.7 Å². The van der Waals surface area contributed by atoms with Crippen LogP contribution >= 0.6 is 15.9 Å². The van der Waals surface area contributed by atoms with Crippen molar-refractivity contribution < 1.29 is 17.9 Å². The number of methoxy groups -OCH3 is 1. The number of halogens is 1. The maximum Gasteiger partial charge on any atom is 0.272 e. The molecule has 0 unspecified atom stereocenters. The summed E-state index contributed by atoms with van der Waals surface area (Å²) in [5.74, 6) is 0.382. The van der Waals surface area contributed by atoms with Gasteiger partial charge in [-0.1, -0.05) is 15.9 Å². The molecule has 7 nitrogen and oxygen atoms in total. The number of carbonyl (C=O) groups is 1. The van der Waals surface area contributed by atoms with Crippen LogP contribution in [0, 0.1) is 0 Å². The van der Waals surface area contributed by atoms with Crippen molar-refractivity contribution in [2.45, 2.75) is 10.1 Å². The zero-order valence-electron chi connectivity index (χ0n) is 15.3. The minimum absolute atomic E-state index is 0.163. The zero-order chi connectivity index (χ0) is 20.1. The highest BCUT2D eigenvalue weighted by atomic mass is 79.9. The van der Waals surface area contributed by atoms with Gasteiger partial charge in [-0.3, -0.25) is 9.48 Å². The van der Waals surface area contributed by atoms with Crippen molar-refractivity contribution in [3.63, 3.8) is 0 Å². The van der Waals surface area contributed by atoms with Gasteiger partial charge in [-0.15, -0.1) is 0 Å². The average molecular weight is 464 g/mol. The second-order valence-electron chi connectivity index (χ2n) is 6.69. The summed E-state index contributed by atoms with van der Waals surface area (Å²) in [4.78, 5) is 14.7. The first kappa shape index (κ1) is 18.9. The molecule has 4 rings (SSSR count). The van der Waals surface area contributed by atoms with Crippen LogP contribution < -0.4 is 4.74 Å². The Labute approximate surface area is 170 Å². The lowest BCUT2D eigenvalue weighted by atomic mass is 10.1. The van der Waals surface area contributed by atoms with Crippen LogP contribution in [0.1, 0.15) is 10.5 Å². The minimum atomic E-state index is -3.50. The number of likely N-dealkylation sites (tertiary alicyclic amines) is 1. The van der Waals surface area contributed by atoms with E-state index in [-0.39, 0.29) is 23.9 Å². The lowest BCUT2D eigenvalue weighted by Gasteiger charge is -2.38. The topological polar surface area (TPSA) is 81.5 Å². The number of sulfone groups is 1. The number of fused-ring (bicyclic) bond motifs is 1. The number of hydrogen-bond donors (Lipinski definition) is 0. The molecular formula is C19H18BrN3O4S. The van der Waals surface area contributed by atoms with Crippen molar-refractivity contribution in [3.05, 3.63) is 52.6 Å². The summed E-state index contributed by atoms with van der Waals surface area (Å²) in [6.07, 6.45) is 0. The van der Waals surface area contributed by atoms with Crippen molar-refractivity contribution in [2.75, 3.05) is 20.2 Å². The van der Waals surface area contributed by atoms with Crippen molar-refractivity contribution in [1.29, 1.82) is 0 Å². The second-order valence-corrected chi connectivity index (χ2v) is 9.83. The first-order valence-corrected chi connectivity index (χ1v) is 10.9. The monoisotopic (exact) mass is 463 g/mol. The SMILES string of the molecule is COc1ccc(S(=O)(=O)C2CN(C(=O)c3c4ccc(Br)cc4nn3C)C2)cc1. The van der Waals surface area contributed by atoms with Crippen LogP contribution in [-0.4, -0.2) is 54.5 Å². The Bertz CT molecular complexity index is 1170. The number of nitrogens with zero attached hydrogens (tertiary/aromatic N) is 3. The van der Waals surface area contributed by atoms with Crippen molar-refractivity contribution in [2.24, 2.45) is 7.05 Å². The number of rotatable bonds is 4. The van der Waals surface area contributed by atoms with Gasteiger partial charge >= 0.3 is 0 Å². The third-order valence-electron chi connectivity index (χ3n) is 4.96. The zero-order valence-corrected chi connectivity index (χ0v) is 17.7. The fourth-order valence-electron chi connectivity index (χ4n) is 3.34. The van der Waals surface area contributed by atoms with Gasteiger partial charge in [0.1, 0.15) is 16.7 Å². The molecule has 0 saturated carbocycles. The van der Waals surface area contributed by atoms with Gasteiger partial charge in [-0.25, -0.2) is 8.42 Å². The number of ether oxygens (including phenoxy) is 1. The molecule has 0 aliphatic carbocycles. The maximum absolute atomic E-state index is 12.9. The lowest BCUT2D eigenvalue weighted by molar-refractivity contribution is 0.0649. The largest absolute Gasteiger partial charge is 0.497 e. The molecule has 0 spiro atoms. The predicted octanol–water partition coefficient (Wildman–Crippen LogP) is 2.64. The number of benzene rings is 2. The Balaban J connectivity index is 1.53. The van der Waals surface area contributed by atoms with E-state index in [1.165, 1.54) is 19.2 Å². The molecule has 9 heteroatoms.